The third-order valence-corrected chi connectivity index (χ3v) is 3.63. The van der Waals surface area contributed by atoms with Gasteiger partial charge < -0.3 is 14.8 Å². The average Bonchev–Trinajstić information content (AvgIpc) is 3.17. The van der Waals surface area contributed by atoms with Crippen LogP contribution in [0, 0.1) is 0 Å². The number of nitrogens with one attached hydrogen (secondary N) is 2. The van der Waals surface area contributed by atoms with E-state index < -0.39 is 0 Å². The highest BCUT2D eigenvalue weighted by molar-refractivity contribution is 5.58. The topological polar surface area (TPSA) is 66.7 Å². The Kier molecular flexibility index (Phi) is 2.63. The van der Waals surface area contributed by atoms with Crippen molar-refractivity contribution in [1.29, 1.82) is 0 Å². The van der Waals surface area contributed by atoms with Crippen LogP contribution in [0.4, 0.5) is 0 Å². The minimum absolute atomic E-state index is 0.0186. The Morgan fingerprint density at radius 2 is 2.10 bits per heavy atom. The maximum absolute atomic E-state index is 5.52. The quantitative estimate of drug-likeness (QED) is 0.747. The number of hydrogen-bond donors (Lipinski definition) is 2. The third kappa shape index (κ3) is 1.83. The van der Waals surface area contributed by atoms with E-state index in [0.29, 0.717) is 0 Å². The van der Waals surface area contributed by atoms with E-state index in [2.05, 4.69) is 20.4 Å². The molecule has 0 amide bonds. The molecule has 1 aliphatic rings. The zero-order chi connectivity index (χ0) is 13.4. The molecule has 0 aliphatic carbocycles. The molecule has 20 heavy (non-hydrogen) atoms. The van der Waals surface area contributed by atoms with Crippen LogP contribution in [0.1, 0.15) is 23.2 Å². The Balaban J connectivity index is 1.70. The zero-order valence-electron chi connectivity index (χ0n) is 10.8. The predicted molar refractivity (Wildman–Crippen MR) is 74.1 cm³/mol. The lowest BCUT2D eigenvalue weighted by Crippen LogP contribution is -2.30. The highest BCUT2D eigenvalue weighted by atomic mass is 16.5. The Bertz CT molecular complexity index is 716. The van der Waals surface area contributed by atoms with Gasteiger partial charge in [0.2, 0.25) is 0 Å². The number of H-pyrrole nitrogens is 1. The summed E-state index contributed by atoms with van der Waals surface area (Å²) >= 11 is 0. The lowest BCUT2D eigenvalue weighted by atomic mass is 10.0. The Hall–Kier alpha value is -2.40. The van der Waals surface area contributed by atoms with E-state index in [1.165, 1.54) is 5.69 Å². The molecule has 3 aromatic rings. The van der Waals surface area contributed by atoms with Gasteiger partial charge in [0.1, 0.15) is 11.7 Å². The van der Waals surface area contributed by atoms with Crippen molar-refractivity contribution in [2.45, 2.75) is 12.5 Å². The van der Waals surface area contributed by atoms with Gasteiger partial charge in [-0.2, -0.15) is 0 Å². The van der Waals surface area contributed by atoms with Crippen LogP contribution in [0.3, 0.4) is 0 Å². The first-order valence-corrected chi connectivity index (χ1v) is 6.69. The molecule has 5 heteroatoms. The van der Waals surface area contributed by atoms with Crippen LogP contribution < -0.4 is 5.32 Å². The first kappa shape index (κ1) is 11.4. The monoisotopic (exact) mass is 266 g/mol. The normalized spacial score (nSPS) is 17.9. The minimum atomic E-state index is -0.0186. The molecule has 0 saturated carbocycles. The van der Waals surface area contributed by atoms with Gasteiger partial charge in [0.05, 0.1) is 12.0 Å². The summed E-state index contributed by atoms with van der Waals surface area (Å²) in [5.41, 5.74) is 4.09. The number of aromatic amines is 1. The number of nitrogens with zero attached hydrogens (tertiary/aromatic N) is 2. The van der Waals surface area contributed by atoms with Crippen LogP contribution in [0.15, 0.2) is 47.2 Å². The average molecular weight is 266 g/mol. The molecule has 5 nitrogen and oxygen atoms in total. The van der Waals surface area contributed by atoms with E-state index >= 15 is 0 Å². The van der Waals surface area contributed by atoms with Crippen molar-refractivity contribution < 1.29 is 4.52 Å². The van der Waals surface area contributed by atoms with Crippen LogP contribution in [-0.4, -0.2) is 21.7 Å². The Morgan fingerprint density at radius 3 is 3.00 bits per heavy atom. The fraction of sp³-hybridized carbons (Fsp3) is 0.200. The molecular weight excluding hydrogens is 252 g/mol. The number of hydrogen-bond acceptors (Lipinski definition) is 4. The van der Waals surface area contributed by atoms with Crippen LogP contribution >= 0.6 is 0 Å². The number of benzene rings is 1. The third-order valence-electron chi connectivity index (χ3n) is 3.63. The minimum Gasteiger partial charge on any atom is -0.359 e. The molecule has 1 atom stereocenters. The van der Waals surface area contributed by atoms with E-state index in [-0.39, 0.29) is 6.04 Å². The summed E-state index contributed by atoms with van der Waals surface area (Å²) in [7, 11) is 0. The molecule has 1 aromatic carbocycles. The molecule has 100 valence electrons. The van der Waals surface area contributed by atoms with Crippen molar-refractivity contribution in [1.82, 2.24) is 20.4 Å². The van der Waals surface area contributed by atoms with Crippen LogP contribution in [-0.2, 0) is 6.42 Å². The van der Waals surface area contributed by atoms with Crippen molar-refractivity contribution in [3.63, 3.8) is 0 Å². The van der Waals surface area contributed by atoms with Gasteiger partial charge in [-0.05, 0) is 0 Å². The molecule has 0 fully saturated rings. The Morgan fingerprint density at radius 1 is 1.20 bits per heavy atom. The van der Waals surface area contributed by atoms with Gasteiger partial charge in [-0.1, -0.05) is 35.5 Å². The van der Waals surface area contributed by atoms with Gasteiger partial charge >= 0.3 is 0 Å². The maximum Gasteiger partial charge on any atom is 0.160 e. The molecule has 0 radical (unpaired) electrons. The fourth-order valence-corrected chi connectivity index (χ4v) is 2.62. The van der Waals surface area contributed by atoms with Gasteiger partial charge in [-0.15, -0.1) is 0 Å². The van der Waals surface area contributed by atoms with Crippen molar-refractivity contribution >= 4 is 0 Å². The second-order valence-corrected chi connectivity index (χ2v) is 4.88. The van der Waals surface area contributed by atoms with Gasteiger partial charge in [0, 0.05) is 30.3 Å². The van der Waals surface area contributed by atoms with Crippen LogP contribution in [0.25, 0.3) is 11.3 Å². The SMILES string of the molecule is c1ccc(-c2cc([C@@H]3NCCc4[nH]cnc43)on2)cc1. The summed E-state index contributed by atoms with van der Waals surface area (Å²) < 4.78 is 5.52. The largest absolute Gasteiger partial charge is 0.359 e. The summed E-state index contributed by atoms with van der Waals surface area (Å²) in [5, 5.41) is 7.59. The molecule has 3 heterocycles. The summed E-state index contributed by atoms with van der Waals surface area (Å²) in [6.45, 7) is 0.904. The maximum atomic E-state index is 5.52. The first-order valence-electron chi connectivity index (χ1n) is 6.69. The lowest BCUT2D eigenvalue weighted by molar-refractivity contribution is 0.349. The number of imidazole rings is 1. The molecule has 0 bridgehead atoms. The van der Waals surface area contributed by atoms with E-state index in [1.807, 2.05) is 36.4 Å². The zero-order valence-corrected chi connectivity index (χ0v) is 10.8. The van der Waals surface area contributed by atoms with E-state index in [1.54, 1.807) is 6.33 Å². The molecule has 0 spiro atoms. The predicted octanol–water partition coefficient (Wildman–Crippen LogP) is 2.30. The summed E-state index contributed by atoms with van der Waals surface area (Å²) in [6, 6.07) is 12.0. The standard InChI is InChI=1S/C15H14N4O/c1-2-4-10(5-3-1)12-8-13(20-19-12)15-14-11(6-7-16-15)17-9-18-14/h1-5,8-9,15-16H,6-7H2,(H,17,18)/t15-/m0/s1. The summed E-state index contributed by atoms with van der Waals surface area (Å²) in [6.07, 6.45) is 2.70. The summed E-state index contributed by atoms with van der Waals surface area (Å²) in [5.74, 6) is 0.803. The van der Waals surface area contributed by atoms with Gasteiger partial charge in [0.25, 0.3) is 0 Å². The molecule has 0 unspecified atom stereocenters. The van der Waals surface area contributed by atoms with Crippen molar-refractivity contribution in [2.24, 2.45) is 0 Å². The van der Waals surface area contributed by atoms with Gasteiger partial charge in [-0.3, -0.25) is 0 Å². The van der Waals surface area contributed by atoms with E-state index in [0.717, 1.165) is 35.7 Å². The highest BCUT2D eigenvalue weighted by Gasteiger charge is 2.27. The van der Waals surface area contributed by atoms with Crippen LogP contribution in [0.5, 0.6) is 0 Å². The van der Waals surface area contributed by atoms with E-state index in [4.69, 9.17) is 4.52 Å². The second kappa shape index (κ2) is 4.61. The Labute approximate surface area is 116 Å². The van der Waals surface area contributed by atoms with Crippen molar-refractivity contribution in [2.75, 3.05) is 6.54 Å². The number of aromatic nitrogens is 3. The van der Waals surface area contributed by atoms with E-state index in [9.17, 15) is 0 Å². The molecule has 0 saturated heterocycles. The lowest BCUT2D eigenvalue weighted by Gasteiger charge is -2.20. The highest BCUT2D eigenvalue weighted by Crippen LogP contribution is 2.29. The molecular formula is C15H14N4O. The van der Waals surface area contributed by atoms with Gasteiger partial charge in [-0.25, -0.2) is 4.98 Å². The molecule has 2 N–H and O–H groups in total. The first-order chi connectivity index (χ1) is 9.92. The molecule has 1 aliphatic heterocycles. The van der Waals surface area contributed by atoms with Crippen LogP contribution in [0.2, 0.25) is 0 Å². The number of rotatable bonds is 2. The smallest absolute Gasteiger partial charge is 0.160 e. The van der Waals surface area contributed by atoms with Crippen molar-refractivity contribution in [3.8, 4) is 11.3 Å². The van der Waals surface area contributed by atoms with Gasteiger partial charge in [0.15, 0.2) is 5.76 Å². The number of fused-ring (bicyclic) bond motifs is 1. The molecule has 4 rings (SSSR count). The fourth-order valence-electron chi connectivity index (χ4n) is 2.62. The summed E-state index contributed by atoms with van der Waals surface area (Å²) in [4.78, 5) is 7.57. The molecule has 2 aromatic heterocycles. The second-order valence-electron chi connectivity index (χ2n) is 4.88. The van der Waals surface area contributed by atoms with Crippen molar-refractivity contribution in [3.05, 3.63) is 59.9 Å².